The van der Waals surface area contributed by atoms with Gasteiger partial charge < -0.3 is 9.84 Å². The zero-order valence-corrected chi connectivity index (χ0v) is 13.1. The van der Waals surface area contributed by atoms with Gasteiger partial charge >= 0.3 is 12.1 Å². The standard InChI is InChI=1S/C16H18ClF3O3/c17-12-3-1-10(2-4-12)14(8-15(21)22)11-5-6-23-13(7-11)9-16(18,19)20/h1-4,11,13-14H,5-9H2,(H,21,22)/t11-,13+,14-/m0/s1. The first kappa shape index (κ1) is 18.1. The van der Waals surface area contributed by atoms with Crippen molar-refractivity contribution in [3.8, 4) is 0 Å². The van der Waals surface area contributed by atoms with Crippen LogP contribution in [0.25, 0.3) is 0 Å². The third-order valence-electron chi connectivity index (χ3n) is 4.13. The molecule has 1 aliphatic rings. The smallest absolute Gasteiger partial charge is 0.391 e. The van der Waals surface area contributed by atoms with Gasteiger partial charge in [-0.15, -0.1) is 0 Å². The molecule has 1 N–H and O–H groups in total. The van der Waals surface area contributed by atoms with Gasteiger partial charge in [0.1, 0.15) is 0 Å². The number of alkyl halides is 3. The monoisotopic (exact) mass is 350 g/mol. The second-order valence-corrected chi connectivity index (χ2v) is 6.29. The Morgan fingerprint density at radius 1 is 1.35 bits per heavy atom. The third-order valence-corrected chi connectivity index (χ3v) is 4.38. The van der Waals surface area contributed by atoms with E-state index < -0.39 is 24.7 Å². The van der Waals surface area contributed by atoms with Crippen LogP contribution >= 0.6 is 11.6 Å². The van der Waals surface area contributed by atoms with E-state index in [1.807, 2.05) is 0 Å². The highest BCUT2D eigenvalue weighted by molar-refractivity contribution is 6.30. The van der Waals surface area contributed by atoms with Gasteiger partial charge in [-0.05, 0) is 42.4 Å². The summed E-state index contributed by atoms with van der Waals surface area (Å²) in [5, 5.41) is 9.68. The first-order valence-corrected chi connectivity index (χ1v) is 7.78. The topological polar surface area (TPSA) is 46.5 Å². The van der Waals surface area contributed by atoms with Crippen LogP contribution in [0.4, 0.5) is 13.2 Å². The minimum absolute atomic E-state index is 0.120. The van der Waals surface area contributed by atoms with Gasteiger partial charge in [-0.1, -0.05) is 23.7 Å². The Balaban J connectivity index is 2.14. The predicted octanol–water partition coefficient (Wildman–Crippen LogP) is 4.65. The summed E-state index contributed by atoms with van der Waals surface area (Å²) in [6.45, 7) is 0.217. The van der Waals surface area contributed by atoms with Crippen molar-refractivity contribution in [3.63, 3.8) is 0 Å². The van der Waals surface area contributed by atoms with Crippen LogP contribution in [0.1, 0.15) is 37.2 Å². The van der Waals surface area contributed by atoms with Crippen molar-refractivity contribution >= 4 is 17.6 Å². The van der Waals surface area contributed by atoms with E-state index >= 15 is 0 Å². The highest BCUT2D eigenvalue weighted by Crippen LogP contribution is 2.39. The summed E-state index contributed by atoms with van der Waals surface area (Å²) in [6, 6.07) is 6.81. The molecular formula is C16H18ClF3O3. The SMILES string of the molecule is O=C(O)C[C@@H](c1ccc(Cl)cc1)[C@H]1CCO[C@@H](CC(F)(F)F)C1. The maximum Gasteiger partial charge on any atom is 0.391 e. The van der Waals surface area contributed by atoms with Gasteiger partial charge in [0.2, 0.25) is 0 Å². The average Bonchev–Trinajstić information content (AvgIpc) is 2.44. The molecule has 0 amide bonds. The van der Waals surface area contributed by atoms with Crippen molar-refractivity contribution in [2.45, 2.75) is 43.9 Å². The van der Waals surface area contributed by atoms with Gasteiger partial charge in [-0.25, -0.2) is 0 Å². The molecule has 23 heavy (non-hydrogen) atoms. The molecule has 1 saturated heterocycles. The van der Waals surface area contributed by atoms with Gasteiger partial charge in [-0.3, -0.25) is 4.79 Å². The molecule has 3 nitrogen and oxygen atoms in total. The Hall–Kier alpha value is -1.27. The zero-order chi connectivity index (χ0) is 17.0. The summed E-state index contributed by atoms with van der Waals surface area (Å²) in [7, 11) is 0. The van der Waals surface area contributed by atoms with Crippen molar-refractivity contribution in [1.82, 2.24) is 0 Å². The molecule has 7 heteroatoms. The Morgan fingerprint density at radius 3 is 2.57 bits per heavy atom. The van der Waals surface area contributed by atoms with Gasteiger partial charge in [0, 0.05) is 11.6 Å². The molecule has 0 spiro atoms. The number of ether oxygens (including phenoxy) is 1. The molecule has 1 aromatic carbocycles. The summed E-state index contributed by atoms with van der Waals surface area (Å²) >= 11 is 5.84. The minimum Gasteiger partial charge on any atom is -0.481 e. The van der Waals surface area contributed by atoms with Crippen LogP contribution in [0, 0.1) is 5.92 Å². The van der Waals surface area contributed by atoms with Crippen LogP contribution in [0.2, 0.25) is 5.02 Å². The lowest BCUT2D eigenvalue weighted by atomic mass is 9.77. The minimum atomic E-state index is -4.28. The normalized spacial score (nSPS) is 23.5. The lowest BCUT2D eigenvalue weighted by Crippen LogP contribution is -2.33. The van der Waals surface area contributed by atoms with E-state index in [1.54, 1.807) is 24.3 Å². The number of carboxylic acid groups (broad SMARTS) is 1. The highest BCUT2D eigenvalue weighted by atomic mass is 35.5. The molecule has 1 heterocycles. The maximum absolute atomic E-state index is 12.6. The first-order chi connectivity index (χ1) is 10.7. The second kappa shape index (κ2) is 7.53. The Bertz CT molecular complexity index is 530. The molecule has 1 aromatic rings. The van der Waals surface area contributed by atoms with Crippen LogP contribution in [0.3, 0.4) is 0 Å². The van der Waals surface area contributed by atoms with Gasteiger partial charge in [0.15, 0.2) is 0 Å². The molecule has 0 unspecified atom stereocenters. The fourth-order valence-electron chi connectivity index (χ4n) is 3.13. The van der Waals surface area contributed by atoms with Crippen LogP contribution in [0.15, 0.2) is 24.3 Å². The molecule has 2 rings (SSSR count). The maximum atomic E-state index is 12.6. The molecule has 0 aliphatic carbocycles. The largest absolute Gasteiger partial charge is 0.481 e. The van der Waals surface area contributed by atoms with E-state index in [0.29, 0.717) is 11.4 Å². The number of benzene rings is 1. The third kappa shape index (κ3) is 5.70. The quantitative estimate of drug-likeness (QED) is 0.841. The lowest BCUT2D eigenvalue weighted by Gasteiger charge is -2.35. The molecule has 1 fully saturated rings. The molecule has 0 aromatic heterocycles. The van der Waals surface area contributed by atoms with Crippen LogP contribution in [0.5, 0.6) is 0 Å². The molecule has 0 radical (unpaired) electrons. The van der Waals surface area contributed by atoms with Crippen molar-refractivity contribution in [2.75, 3.05) is 6.61 Å². The van der Waals surface area contributed by atoms with Crippen molar-refractivity contribution in [1.29, 1.82) is 0 Å². The number of hydrogen-bond acceptors (Lipinski definition) is 2. The summed E-state index contributed by atoms with van der Waals surface area (Å²) in [5.74, 6) is -1.47. The second-order valence-electron chi connectivity index (χ2n) is 5.85. The van der Waals surface area contributed by atoms with Crippen LogP contribution in [-0.4, -0.2) is 30.0 Å². The molecule has 1 aliphatic heterocycles. The van der Waals surface area contributed by atoms with E-state index in [0.717, 1.165) is 5.56 Å². The molecular weight excluding hydrogens is 333 g/mol. The molecule has 0 saturated carbocycles. The summed E-state index contributed by atoms with van der Waals surface area (Å²) in [6.07, 6.45) is -5.55. The predicted molar refractivity (Wildman–Crippen MR) is 79.6 cm³/mol. The summed E-state index contributed by atoms with van der Waals surface area (Å²) in [5.41, 5.74) is 0.787. The summed E-state index contributed by atoms with van der Waals surface area (Å²) in [4.78, 5) is 11.2. The van der Waals surface area contributed by atoms with Gasteiger partial charge in [0.25, 0.3) is 0 Å². The number of halogens is 4. The molecule has 3 atom stereocenters. The van der Waals surface area contributed by atoms with E-state index in [1.165, 1.54) is 0 Å². The molecule has 0 bridgehead atoms. The van der Waals surface area contributed by atoms with Gasteiger partial charge in [-0.2, -0.15) is 13.2 Å². The fraction of sp³-hybridized carbons (Fsp3) is 0.562. The van der Waals surface area contributed by atoms with Gasteiger partial charge in [0.05, 0.1) is 18.9 Å². The van der Waals surface area contributed by atoms with Crippen molar-refractivity contribution < 1.29 is 27.8 Å². The highest BCUT2D eigenvalue weighted by Gasteiger charge is 2.37. The summed E-state index contributed by atoms with van der Waals surface area (Å²) < 4.78 is 42.9. The first-order valence-electron chi connectivity index (χ1n) is 7.40. The fourth-order valence-corrected chi connectivity index (χ4v) is 3.26. The van der Waals surface area contributed by atoms with E-state index in [2.05, 4.69) is 0 Å². The van der Waals surface area contributed by atoms with Crippen molar-refractivity contribution in [3.05, 3.63) is 34.9 Å². The Morgan fingerprint density at radius 2 is 2.00 bits per heavy atom. The number of aliphatic carboxylic acids is 1. The van der Waals surface area contributed by atoms with E-state index in [9.17, 15) is 18.0 Å². The van der Waals surface area contributed by atoms with E-state index in [-0.39, 0.29) is 31.3 Å². The van der Waals surface area contributed by atoms with Crippen molar-refractivity contribution in [2.24, 2.45) is 5.92 Å². The lowest BCUT2D eigenvalue weighted by molar-refractivity contribution is -0.170. The number of hydrogen-bond donors (Lipinski definition) is 1. The van der Waals surface area contributed by atoms with E-state index in [4.69, 9.17) is 21.4 Å². The number of rotatable bonds is 5. The average molecular weight is 351 g/mol. The Kier molecular flexibility index (Phi) is 5.92. The van der Waals surface area contributed by atoms with Crippen LogP contribution < -0.4 is 0 Å². The molecule has 128 valence electrons. The number of carbonyl (C=O) groups is 1. The Labute approximate surface area is 137 Å². The number of carboxylic acids is 1. The van der Waals surface area contributed by atoms with Crippen LogP contribution in [-0.2, 0) is 9.53 Å². The zero-order valence-electron chi connectivity index (χ0n) is 12.4.